The third-order valence-corrected chi connectivity index (χ3v) is 3.17. The molecule has 3 rings (SSSR count). The maximum atomic E-state index is 11.6. The molecule has 0 bridgehead atoms. The Morgan fingerprint density at radius 2 is 2.21 bits per heavy atom. The molecular formula is C12H12N2O5. The van der Waals surface area contributed by atoms with E-state index in [0.29, 0.717) is 18.0 Å². The average Bonchev–Trinajstić information content (AvgIpc) is 2.96. The first-order chi connectivity index (χ1) is 9.15. The summed E-state index contributed by atoms with van der Waals surface area (Å²) >= 11 is 0. The summed E-state index contributed by atoms with van der Waals surface area (Å²) in [5, 5.41) is 11.5. The molecule has 19 heavy (non-hydrogen) atoms. The molecule has 2 N–H and O–H groups in total. The molecule has 0 aliphatic carbocycles. The Morgan fingerprint density at radius 1 is 1.42 bits per heavy atom. The molecule has 0 saturated carbocycles. The maximum absolute atomic E-state index is 11.6. The summed E-state index contributed by atoms with van der Waals surface area (Å²) < 4.78 is 10.5. The Bertz CT molecular complexity index is 545. The highest BCUT2D eigenvalue weighted by Gasteiger charge is 2.33. The molecule has 1 aromatic rings. The van der Waals surface area contributed by atoms with Crippen LogP contribution in [-0.2, 0) is 4.79 Å². The standard InChI is InChI=1S/C12H12N2O5/c15-11(16)5-14-8(4-13-12(14)17)7-1-2-9-10(3-7)19-6-18-9/h1-3,8H,4-6H2,(H,13,17)(H,15,16). The summed E-state index contributed by atoms with van der Waals surface area (Å²) in [6.07, 6.45) is 0. The summed E-state index contributed by atoms with van der Waals surface area (Å²) in [7, 11) is 0. The first-order valence-electron chi connectivity index (χ1n) is 5.81. The Labute approximate surface area is 108 Å². The fourth-order valence-electron chi connectivity index (χ4n) is 2.28. The molecule has 2 aliphatic heterocycles. The van der Waals surface area contributed by atoms with Crippen molar-refractivity contribution in [3.8, 4) is 11.5 Å². The molecule has 2 aliphatic rings. The fraction of sp³-hybridized carbons (Fsp3) is 0.333. The maximum Gasteiger partial charge on any atom is 0.323 e. The number of hydrogen-bond acceptors (Lipinski definition) is 4. The van der Waals surface area contributed by atoms with Crippen LogP contribution in [0.4, 0.5) is 4.79 Å². The van der Waals surface area contributed by atoms with Gasteiger partial charge in [0.15, 0.2) is 11.5 Å². The van der Waals surface area contributed by atoms with Crippen molar-refractivity contribution in [3.05, 3.63) is 23.8 Å². The molecule has 7 nitrogen and oxygen atoms in total. The van der Waals surface area contributed by atoms with Crippen LogP contribution in [0.1, 0.15) is 11.6 Å². The van der Waals surface area contributed by atoms with Crippen molar-refractivity contribution in [2.24, 2.45) is 0 Å². The van der Waals surface area contributed by atoms with Gasteiger partial charge in [-0.15, -0.1) is 0 Å². The van der Waals surface area contributed by atoms with Gasteiger partial charge in [0.2, 0.25) is 6.79 Å². The largest absolute Gasteiger partial charge is 0.480 e. The van der Waals surface area contributed by atoms with E-state index < -0.39 is 5.97 Å². The second-order valence-corrected chi connectivity index (χ2v) is 4.34. The highest BCUT2D eigenvalue weighted by Crippen LogP contribution is 2.36. The number of fused-ring (bicyclic) bond motifs is 1. The number of urea groups is 1. The molecule has 0 aromatic heterocycles. The smallest absolute Gasteiger partial charge is 0.323 e. The number of ether oxygens (including phenoxy) is 2. The number of benzene rings is 1. The van der Waals surface area contributed by atoms with E-state index >= 15 is 0 Å². The number of carboxylic acids is 1. The summed E-state index contributed by atoms with van der Waals surface area (Å²) in [4.78, 5) is 23.7. The van der Waals surface area contributed by atoms with Crippen molar-refractivity contribution in [1.29, 1.82) is 0 Å². The molecule has 1 saturated heterocycles. The van der Waals surface area contributed by atoms with Crippen LogP contribution < -0.4 is 14.8 Å². The molecule has 1 aromatic carbocycles. The second kappa shape index (κ2) is 4.34. The van der Waals surface area contributed by atoms with Crippen molar-refractivity contribution in [3.63, 3.8) is 0 Å². The van der Waals surface area contributed by atoms with E-state index in [4.69, 9.17) is 14.6 Å². The lowest BCUT2D eigenvalue weighted by Gasteiger charge is -2.21. The summed E-state index contributed by atoms with van der Waals surface area (Å²) in [5.74, 6) is 0.237. The normalized spacial score (nSPS) is 20.5. The highest BCUT2D eigenvalue weighted by molar-refractivity contribution is 5.82. The zero-order chi connectivity index (χ0) is 13.4. The number of nitrogens with zero attached hydrogens (tertiary/aromatic N) is 1. The van der Waals surface area contributed by atoms with Gasteiger partial charge in [-0.25, -0.2) is 4.79 Å². The lowest BCUT2D eigenvalue weighted by Crippen LogP contribution is -2.34. The van der Waals surface area contributed by atoms with Gasteiger partial charge in [0.1, 0.15) is 6.54 Å². The monoisotopic (exact) mass is 264 g/mol. The fourth-order valence-corrected chi connectivity index (χ4v) is 2.28. The number of aliphatic carboxylic acids is 1. The average molecular weight is 264 g/mol. The first kappa shape index (κ1) is 11.6. The molecule has 100 valence electrons. The Kier molecular flexibility index (Phi) is 2.66. The number of hydrogen-bond donors (Lipinski definition) is 2. The van der Waals surface area contributed by atoms with E-state index in [-0.39, 0.29) is 25.4 Å². The van der Waals surface area contributed by atoms with Crippen molar-refractivity contribution in [2.45, 2.75) is 6.04 Å². The van der Waals surface area contributed by atoms with E-state index in [1.54, 1.807) is 12.1 Å². The second-order valence-electron chi connectivity index (χ2n) is 4.34. The van der Waals surface area contributed by atoms with Crippen LogP contribution in [-0.4, -0.2) is 41.9 Å². The van der Waals surface area contributed by atoms with Crippen LogP contribution in [0.25, 0.3) is 0 Å². The zero-order valence-electron chi connectivity index (χ0n) is 9.96. The molecule has 1 unspecified atom stereocenters. The van der Waals surface area contributed by atoms with Gasteiger partial charge in [-0.3, -0.25) is 4.79 Å². The van der Waals surface area contributed by atoms with Gasteiger partial charge in [-0.2, -0.15) is 0 Å². The molecule has 2 amide bonds. The molecule has 0 spiro atoms. The van der Waals surface area contributed by atoms with Crippen LogP contribution in [0, 0.1) is 0 Å². The minimum atomic E-state index is -1.04. The number of carbonyl (C=O) groups excluding carboxylic acids is 1. The molecule has 7 heteroatoms. The topological polar surface area (TPSA) is 88.1 Å². The molecule has 1 fully saturated rings. The third-order valence-electron chi connectivity index (χ3n) is 3.17. The summed E-state index contributed by atoms with van der Waals surface area (Å²) in [5.41, 5.74) is 0.823. The van der Waals surface area contributed by atoms with Crippen molar-refractivity contribution in [1.82, 2.24) is 10.2 Å². The Morgan fingerprint density at radius 3 is 3.00 bits per heavy atom. The van der Waals surface area contributed by atoms with E-state index in [2.05, 4.69) is 5.32 Å². The predicted octanol–water partition coefficient (Wildman–Crippen LogP) is 0.566. The minimum absolute atomic E-state index is 0.180. The predicted molar refractivity (Wildman–Crippen MR) is 63.0 cm³/mol. The minimum Gasteiger partial charge on any atom is -0.480 e. The Hall–Kier alpha value is -2.44. The number of carbonyl (C=O) groups is 2. The van der Waals surface area contributed by atoms with Gasteiger partial charge in [0.25, 0.3) is 0 Å². The van der Waals surface area contributed by atoms with E-state index in [1.165, 1.54) is 4.90 Å². The SMILES string of the molecule is O=C(O)CN1C(=O)NCC1c1ccc2c(c1)OCO2. The number of nitrogens with one attached hydrogen (secondary N) is 1. The molecule has 2 heterocycles. The third kappa shape index (κ3) is 2.03. The lowest BCUT2D eigenvalue weighted by atomic mass is 10.1. The number of amides is 2. The van der Waals surface area contributed by atoms with Gasteiger partial charge >= 0.3 is 12.0 Å². The van der Waals surface area contributed by atoms with Crippen LogP contribution in [0.5, 0.6) is 11.5 Å². The van der Waals surface area contributed by atoms with Gasteiger partial charge in [0.05, 0.1) is 6.04 Å². The van der Waals surface area contributed by atoms with Crippen LogP contribution >= 0.6 is 0 Å². The van der Waals surface area contributed by atoms with Crippen molar-refractivity contribution in [2.75, 3.05) is 19.9 Å². The van der Waals surface area contributed by atoms with E-state index in [9.17, 15) is 9.59 Å². The molecule has 1 atom stereocenters. The molecule has 0 radical (unpaired) electrons. The van der Waals surface area contributed by atoms with Gasteiger partial charge in [-0.05, 0) is 17.7 Å². The Balaban J connectivity index is 1.88. The first-order valence-corrected chi connectivity index (χ1v) is 5.81. The molecular weight excluding hydrogens is 252 g/mol. The zero-order valence-corrected chi connectivity index (χ0v) is 9.96. The quantitative estimate of drug-likeness (QED) is 0.833. The van der Waals surface area contributed by atoms with Crippen LogP contribution in [0.2, 0.25) is 0 Å². The summed E-state index contributed by atoms with van der Waals surface area (Å²) in [6, 6.07) is 4.68. The number of rotatable bonds is 3. The van der Waals surface area contributed by atoms with Gasteiger partial charge in [0, 0.05) is 6.54 Å². The van der Waals surface area contributed by atoms with E-state index in [1.807, 2.05) is 6.07 Å². The van der Waals surface area contributed by atoms with Crippen LogP contribution in [0.15, 0.2) is 18.2 Å². The van der Waals surface area contributed by atoms with E-state index in [0.717, 1.165) is 5.56 Å². The lowest BCUT2D eigenvalue weighted by molar-refractivity contribution is -0.137. The van der Waals surface area contributed by atoms with Crippen molar-refractivity contribution < 1.29 is 24.2 Å². The van der Waals surface area contributed by atoms with Gasteiger partial charge in [-0.1, -0.05) is 6.07 Å². The van der Waals surface area contributed by atoms with Crippen LogP contribution in [0.3, 0.4) is 0 Å². The van der Waals surface area contributed by atoms with Crippen molar-refractivity contribution >= 4 is 12.0 Å². The van der Waals surface area contributed by atoms with Gasteiger partial charge < -0.3 is 24.8 Å². The number of carboxylic acid groups (broad SMARTS) is 1. The highest BCUT2D eigenvalue weighted by atomic mass is 16.7. The summed E-state index contributed by atoms with van der Waals surface area (Å²) in [6.45, 7) is 0.232.